The van der Waals surface area contributed by atoms with E-state index in [2.05, 4.69) is 26.2 Å². The van der Waals surface area contributed by atoms with Gasteiger partial charge in [0.15, 0.2) is 0 Å². The van der Waals surface area contributed by atoms with Gasteiger partial charge < -0.3 is 5.32 Å². The molecule has 1 aromatic heterocycles. The summed E-state index contributed by atoms with van der Waals surface area (Å²) in [5, 5.41) is 4.58. The minimum Gasteiger partial charge on any atom is -0.313 e. The molecule has 1 saturated heterocycles. The molecule has 0 aromatic carbocycles. The second-order valence-corrected chi connectivity index (χ2v) is 5.26. The Labute approximate surface area is 97.0 Å². The van der Waals surface area contributed by atoms with Gasteiger partial charge in [-0.3, -0.25) is 0 Å². The van der Waals surface area contributed by atoms with E-state index in [1.54, 1.807) is 0 Å². The van der Waals surface area contributed by atoms with Crippen LogP contribution in [-0.2, 0) is 0 Å². The number of hydrogen-bond acceptors (Lipinski definition) is 3. The second-order valence-electron chi connectivity index (χ2n) is 3.39. The van der Waals surface area contributed by atoms with Gasteiger partial charge in [0.2, 0.25) is 0 Å². The Morgan fingerprint density at radius 3 is 3.29 bits per heavy atom. The monoisotopic (exact) mass is 272 g/mol. The molecule has 1 aliphatic heterocycles. The van der Waals surface area contributed by atoms with E-state index in [0.717, 1.165) is 15.3 Å². The number of rotatable bonds is 3. The highest BCUT2D eigenvalue weighted by atomic mass is 79.9. The van der Waals surface area contributed by atoms with Gasteiger partial charge in [-0.05, 0) is 47.4 Å². The van der Waals surface area contributed by atoms with Crippen LogP contribution in [-0.4, -0.2) is 23.3 Å². The van der Waals surface area contributed by atoms with Gasteiger partial charge in [-0.1, -0.05) is 0 Å². The second kappa shape index (κ2) is 5.14. The summed E-state index contributed by atoms with van der Waals surface area (Å²) in [7, 11) is 0. The Morgan fingerprint density at radius 1 is 1.64 bits per heavy atom. The molecule has 1 unspecified atom stereocenters. The molecule has 1 atom stereocenters. The molecular weight excluding hydrogens is 260 g/mol. The molecule has 14 heavy (non-hydrogen) atoms. The van der Waals surface area contributed by atoms with Crippen molar-refractivity contribution in [3.05, 3.63) is 22.8 Å². The van der Waals surface area contributed by atoms with Crippen LogP contribution >= 0.6 is 27.7 Å². The summed E-state index contributed by atoms with van der Waals surface area (Å²) < 4.78 is 1.10. The summed E-state index contributed by atoms with van der Waals surface area (Å²) in [5.41, 5.74) is 0. The van der Waals surface area contributed by atoms with E-state index < -0.39 is 0 Å². The summed E-state index contributed by atoms with van der Waals surface area (Å²) in [6.07, 6.45) is 4.46. The van der Waals surface area contributed by atoms with Crippen LogP contribution in [0.4, 0.5) is 0 Å². The average molecular weight is 273 g/mol. The quantitative estimate of drug-likeness (QED) is 0.857. The van der Waals surface area contributed by atoms with E-state index in [9.17, 15) is 0 Å². The normalized spacial score (nSPS) is 21.4. The molecule has 1 aliphatic rings. The van der Waals surface area contributed by atoms with E-state index in [4.69, 9.17) is 0 Å². The van der Waals surface area contributed by atoms with Crippen molar-refractivity contribution in [2.75, 3.05) is 12.3 Å². The van der Waals surface area contributed by atoms with Gasteiger partial charge in [0.25, 0.3) is 0 Å². The van der Waals surface area contributed by atoms with Crippen LogP contribution in [0.15, 0.2) is 27.8 Å². The first-order valence-electron chi connectivity index (χ1n) is 4.83. The van der Waals surface area contributed by atoms with Crippen molar-refractivity contribution >= 4 is 27.7 Å². The molecule has 0 aliphatic carbocycles. The molecule has 76 valence electrons. The maximum Gasteiger partial charge on any atom is 0.110 e. The summed E-state index contributed by atoms with van der Waals surface area (Å²) in [5.74, 6) is 1.12. The average Bonchev–Trinajstić information content (AvgIpc) is 2.69. The van der Waals surface area contributed by atoms with E-state index in [-0.39, 0.29) is 0 Å². The summed E-state index contributed by atoms with van der Waals surface area (Å²) >= 11 is 5.33. The molecule has 1 N–H and O–H groups in total. The maximum absolute atomic E-state index is 4.33. The zero-order valence-electron chi connectivity index (χ0n) is 7.87. The Hall–Kier alpha value is -0.0600. The van der Waals surface area contributed by atoms with Gasteiger partial charge >= 0.3 is 0 Å². The standard InChI is InChI=1S/C10H13BrN2S/c11-9-4-2-6-13-10(9)14-7-8-3-1-5-12-8/h2,4,6,8,12H,1,3,5,7H2. The lowest BCUT2D eigenvalue weighted by Crippen LogP contribution is -2.23. The predicted molar refractivity (Wildman–Crippen MR) is 63.7 cm³/mol. The molecule has 4 heteroatoms. The number of hydrogen-bond donors (Lipinski definition) is 1. The van der Waals surface area contributed by atoms with Crippen molar-refractivity contribution in [1.29, 1.82) is 0 Å². The maximum atomic E-state index is 4.33. The Bertz CT molecular complexity index is 300. The number of nitrogens with one attached hydrogen (secondary N) is 1. The third-order valence-corrected chi connectivity index (χ3v) is 4.38. The van der Waals surface area contributed by atoms with E-state index in [1.807, 2.05) is 30.1 Å². The summed E-state index contributed by atoms with van der Waals surface area (Å²) in [4.78, 5) is 4.33. The fourth-order valence-electron chi connectivity index (χ4n) is 1.56. The lowest BCUT2D eigenvalue weighted by molar-refractivity contribution is 0.673. The van der Waals surface area contributed by atoms with Gasteiger partial charge in [0.1, 0.15) is 5.03 Å². The first-order chi connectivity index (χ1) is 6.86. The molecule has 0 saturated carbocycles. The molecule has 2 rings (SSSR count). The SMILES string of the molecule is Brc1cccnc1SCC1CCCN1. The lowest BCUT2D eigenvalue weighted by Gasteiger charge is -2.09. The predicted octanol–water partition coefficient (Wildman–Crippen LogP) is 2.69. The molecule has 0 amide bonds. The Kier molecular flexibility index (Phi) is 3.84. The largest absolute Gasteiger partial charge is 0.313 e. The van der Waals surface area contributed by atoms with Crippen LogP contribution in [0.25, 0.3) is 0 Å². The molecule has 1 aromatic rings. The van der Waals surface area contributed by atoms with Gasteiger partial charge in [0.05, 0.1) is 0 Å². The fourth-order valence-corrected chi connectivity index (χ4v) is 3.14. The van der Waals surface area contributed by atoms with Crippen LogP contribution in [0.5, 0.6) is 0 Å². The highest BCUT2D eigenvalue weighted by Crippen LogP contribution is 2.26. The van der Waals surface area contributed by atoms with E-state index >= 15 is 0 Å². The summed E-state index contributed by atoms with van der Waals surface area (Å²) in [6, 6.07) is 4.66. The van der Waals surface area contributed by atoms with Crippen LogP contribution < -0.4 is 5.32 Å². The minimum atomic E-state index is 0.675. The van der Waals surface area contributed by atoms with Crippen molar-refractivity contribution in [2.24, 2.45) is 0 Å². The highest BCUT2D eigenvalue weighted by molar-refractivity contribution is 9.10. The van der Waals surface area contributed by atoms with Crippen molar-refractivity contribution < 1.29 is 0 Å². The van der Waals surface area contributed by atoms with Crippen molar-refractivity contribution in [3.8, 4) is 0 Å². The molecule has 1 fully saturated rings. The number of halogens is 1. The zero-order chi connectivity index (χ0) is 9.80. The van der Waals surface area contributed by atoms with Crippen molar-refractivity contribution in [2.45, 2.75) is 23.9 Å². The van der Waals surface area contributed by atoms with Crippen LogP contribution in [0.2, 0.25) is 0 Å². The third kappa shape index (κ3) is 2.72. The molecular formula is C10H13BrN2S. The van der Waals surface area contributed by atoms with Crippen LogP contribution in [0.1, 0.15) is 12.8 Å². The van der Waals surface area contributed by atoms with Gasteiger partial charge in [0, 0.05) is 22.5 Å². The highest BCUT2D eigenvalue weighted by Gasteiger charge is 2.14. The van der Waals surface area contributed by atoms with E-state index in [0.29, 0.717) is 6.04 Å². The summed E-state index contributed by atoms with van der Waals surface area (Å²) in [6.45, 7) is 1.18. The van der Waals surface area contributed by atoms with Crippen LogP contribution in [0.3, 0.4) is 0 Å². The fraction of sp³-hybridized carbons (Fsp3) is 0.500. The third-order valence-electron chi connectivity index (χ3n) is 2.31. The van der Waals surface area contributed by atoms with Crippen molar-refractivity contribution in [1.82, 2.24) is 10.3 Å². The Balaban J connectivity index is 1.88. The lowest BCUT2D eigenvalue weighted by atomic mass is 10.3. The first kappa shape index (κ1) is 10.5. The molecule has 0 radical (unpaired) electrons. The first-order valence-corrected chi connectivity index (χ1v) is 6.61. The molecule has 2 nitrogen and oxygen atoms in total. The Morgan fingerprint density at radius 2 is 2.57 bits per heavy atom. The number of thioether (sulfide) groups is 1. The topological polar surface area (TPSA) is 24.9 Å². The minimum absolute atomic E-state index is 0.675. The number of pyridine rings is 1. The zero-order valence-corrected chi connectivity index (χ0v) is 10.3. The van der Waals surface area contributed by atoms with Crippen molar-refractivity contribution in [3.63, 3.8) is 0 Å². The molecule has 0 bridgehead atoms. The van der Waals surface area contributed by atoms with Crippen LogP contribution in [0, 0.1) is 0 Å². The smallest absolute Gasteiger partial charge is 0.110 e. The van der Waals surface area contributed by atoms with Gasteiger partial charge in [-0.25, -0.2) is 4.98 Å². The number of nitrogens with zero attached hydrogens (tertiary/aromatic N) is 1. The molecule has 0 spiro atoms. The number of aromatic nitrogens is 1. The molecule has 2 heterocycles. The van der Waals surface area contributed by atoms with Gasteiger partial charge in [-0.2, -0.15) is 0 Å². The van der Waals surface area contributed by atoms with E-state index in [1.165, 1.54) is 19.4 Å². The van der Waals surface area contributed by atoms with Gasteiger partial charge in [-0.15, -0.1) is 11.8 Å².